The molecule has 0 aliphatic heterocycles. The van der Waals surface area contributed by atoms with Gasteiger partial charge in [0, 0.05) is 11.4 Å². The topological polar surface area (TPSA) is 53.6 Å². The Balaban J connectivity index is 2.12. The van der Waals surface area contributed by atoms with E-state index in [0.29, 0.717) is 0 Å². The molecule has 0 bridgehead atoms. The third kappa shape index (κ3) is 2.25. The van der Waals surface area contributed by atoms with Crippen LogP contribution in [0.1, 0.15) is 22.6 Å². The van der Waals surface area contributed by atoms with E-state index in [4.69, 9.17) is 0 Å². The van der Waals surface area contributed by atoms with Crippen LogP contribution in [-0.4, -0.2) is 15.0 Å². The Morgan fingerprint density at radius 3 is 2.60 bits per heavy atom. The van der Waals surface area contributed by atoms with Crippen LogP contribution in [0.5, 0.6) is 0 Å². The van der Waals surface area contributed by atoms with Crippen molar-refractivity contribution in [2.24, 2.45) is 0 Å². The lowest BCUT2D eigenvalue weighted by Gasteiger charge is -2.11. The summed E-state index contributed by atoms with van der Waals surface area (Å²) in [4.78, 5) is 12.2. The van der Waals surface area contributed by atoms with Crippen molar-refractivity contribution in [3.05, 3.63) is 46.9 Å². The minimum Gasteiger partial charge on any atom is -0.343 e. The summed E-state index contributed by atoms with van der Waals surface area (Å²) in [5.41, 5.74) is 5.48. The van der Waals surface area contributed by atoms with E-state index in [1.807, 2.05) is 13.8 Å². The van der Waals surface area contributed by atoms with E-state index in [-0.39, 0.29) is 0 Å². The predicted octanol–water partition coefficient (Wildman–Crippen LogP) is 3.94. The SMILES string of the molecule is Cc1ccc(C)c(Nc2nc(C)nc3[nH]c(C)cc23)c1. The van der Waals surface area contributed by atoms with Crippen molar-refractivity contribution in [3.8, 4) is 0 Å². The van der Waals surface area contributed by atoms with Crippen LogP contribution in [0, 0.1) is 27.7 Å². The average Bonchev–Trinajstić information content (AvgIpc) is 2.74. The van der Waals surface area contributed by atoms with Crippen molar-refractivity contribution in [1.82, 2.24) is 15.0 Å². The maximum absolute atomic E-state index is 4.54. The number of nitrogens with one attached hydrogen (secondary N) is 2. The first-order chi connectivity index (χ1) is 9.52. The number of fused-ring (bicyclic) bond motifs is 1. The fourth-order valence-electron chi connectivity index (χ4n) is 2.35. The lowest BCUT2D eigenvalue weighted by Crippen LogP contribution is -1.99. The van der Waals surface area contributed by atoms with E-state index in [1.165, 1.54) is 11.1 Å². The summed E-state index contributed by atoms with van der Waals surface area (Å²) in [5, 5.41) is 4.46. The third-order valence-electron chi connectivity index (χ3n) is 3.38. The number of anilines is 2. The molecular weight excluding hydrogens is 248 g/mol. The van der Waals surface area contributed by atoms with Gasteiger partial charge < -0.3 is 10.3 Å². The van der Waals surface area contributed by atoms with Gasteiger partial charge in [-0.25, -0.2) is 9.97 Å². The number of aromatic nitrogens is 3. The van der Waals surface area contributed by atoms with Crippen molar-refractivity contribution in [3.63, 3.8) is 0 Å². The van der Waals surface area contributed by atoms with Crippen LogP contribution in [0.3, 0.4) is 0 Å². The predicted molar refractivity (Wildman–Crippen MR) is 82.6 cm³/mol. The summed E-state index contributed by atoms with van der Waals surface area (Å²) in [6.07, 6.45) is 0. The molecule has 0 radical (unpaired) electrons. The Hall–Kier alpha value is -2.36. The van der Waals surface area contributed by atoms with Gasteiger partial charge in [0.05, 0.1) is 5.39 Å². The summed E-state index contributed by atoms with van der Waals surface area (Å²) in [6, 6.07) is 8.44. The summed E-state index contributed by atoms with van der Waals surface area (Å²) in [7, 11) is 0. The standard InChI is InChI=1S/C16H18N4/c1-9-5-6-10(2)14(7-9)20-16-13-8-11(3)17-15(13)18-12(4)19-16/h5-8H,1-4H3,(H2,17,18,19,20). The fourth-order valence-corrected chi connectivity index (χ4v) is 2.35. The molecule has 0 fully saturated rings. The molecule has 2 heterocycles. The number of hydrogen-bond acceptors (Lipinski definition) is 3. The molecule has 0 atom stereocenters. The van der Waals surface area contributed by atoms with Gasteiger partial charge in [-0.3, -0.25) is 0 Å². The Morgan fingerprint density at radius 1 is 1.00 bits per heavy atom. The molecule has 0 spiro atoms. The van der Waals surface area contributed by atoms with Crippen LogP contribution in [-0.2, 0) is 0 Å². The van der Waals surface area contributed by atoms with Gasteiger partial charge in [-0.1, -0.05) is 12.1 Å². The lowest BCUT2D eigenvalue weighted by atomic mass is 10.1. The average molecular weight is 266 g/mol. The first-order valence-corrected chi connectivity index (χ1v) is 6.71. The van der Waals surface area contributed by atoms with Gasteiger partial charge in [0.1, 0.15) is 17.3 Å². The summed E-state index contributed by atoms with van der Waals surface area (Å²) >= 11 is 0. The molecule has 2 N–H and O–H groups in total. The zero-order valence-electron chi connectivity index (χ0n) is 12.2. The van der Waals surface area contributed by atoms with Gasteiger partial charge in [0.15, 0.2) is 0 Å². The molecule has 0 unspecified atom stereocenters. The van der Waals surface area contributed by atoms with E-state index in [2.05, 4.69) is 58.4 Å². The number of nitrogens with zero attached hydrogens (tertiary/aromatic N) is 2. The van der Waals surface area contributed by atoms with E-state index in [9.17, 15) is 0 Å². The quantitative estimate of drug-likeness (QED) is 0.738. The van der Waals surface area contributed by atoms with Gasteiger partial charge in [-0.15, -0.1) is 0 Å². The molecule has 2 aromatic heterocycles. The molecule has 4 heteroatoms. The monoisotopic (exact) mass is 266 g/mol. The number of aromatic amines is 1. The Labute approximate surface area is 118 Å². The highest BCUT2D eigenvalue weighted by Crippen LogP contribution is 2.26. The Morgan fingerprint density at radius 2 is 1.80 bits per heavy atom. The van der Waals surface area contributed by atoms with Gasteiger partial charge >= 0.3 is 0 Å². The maximum atomic E-state index is 4.54. The molecule has 1 aromatic carbocycles. The van der Waals surface area contributed by atoms with E-state index in [1.54, 1.807) is 0 Å². The van der Waals surface area contributed by atoms with Crippen LogP contribution < -0.4 is 5.32 Å². The van der Waals surface area contributed by atoms with E-state index < -0.39 is 0 Å². The first kappa shape index (κ1) is 12.7. The van der Waals surface area contributed by atoms with Gasteiger partial charge in [0.25, 0.3) is 0 Å². The Bertz CT molecular complexity index is 787. The van der Waals surface area contributed by atoms with Gasteiger partial charge in [-0.05, 0) is 51.0 Å². The van der Waals surface area contributed by atoms with Crippen molar-refractivity contribution in [2.75, 3.05) is 5.32 Å². The smallest absolute Gasteiger partial charge is 0.143 e. The van der Waals surface area contributed by atoms with Crippen molar-refractivity contribution >= 4 is 22.5 Å². The van der Waals surface area contributed by atoms with Crippen LogP contribution in [0.25, 0.3) is 11.0 Å². The Kier molecular flexibility index (Phi) is 2.93. The fraction of sp³-hybridized carbons (Fsp3) is 0.250. The highest BCUT2D eigenvalue weighted by atomic mass is 15.1. The molecule has 0 amide bonds. The second-order valence-corrected chi connectivity index (χ2v) is 5.28. The highest BCUT2D eigenvalue weighted by molar-refractivity contribution is 5.90. The van der Waals surface area contributed by atoms with Crippen molar-refractivity contribution in [1.29, 1.82) is 0 Å². The number of benzene rings is 1. The van der Waals surface area contributed by atoms with Crippen LogP contribution in [0.15, 0.2) is 24.3 Å². The molecule has 4 nitrogen and oxygen atoms in total. The number of rotatable bonds is 2. The zero-order chi connectivity index (χ0) is 14.3. The molecule has 0 saturated heterocycles. The van der Waals surface area contributed by atoms with Crippen molar-refractivity contribution < 1.29 is 0 Å². The second-order valence-electron chi connectivity index (χ2n) is 5.28. The number of hydrogen-bond donors (Lipinski definition) is 2. The summed E-state index contributed by atoms with van der Waals surface area (Å²) in [6.45, 7) is 8.11. The van der Waals surface area contributed by atoms with Crippen LogP contribution >= 0.6 is 0 Å². The lowest BCUT2D eigenvalue weighted by molar-refractivity contribution is 1.08. The third-order valence-corrected chi connectivity index (χ3v) is 3.38. The number of H-pyrrole nitrogens is 1. The van der Waals surface area contributed by atoms with Gasteiger partial charge in [-0.2, -0.15) is 0 Å². The summed E-state index contributed by atoms with van der Waals surface area (Å²) in [5.74, 6) is 1.61. The van der Waals surface area contributed by atoms with Crippen molar-refractivity contribution in [2.45, 2.75) is 27.7 Å². The normalized spacial score (nSPS) is 11.0. The molecule has 3 aromatic rings. The zero-order valence-corrected chi connectivity index (χ0v) is 12.2. The maximum Gasteiger partial charge on any atom is 0.143 e. The van der Waals surface area contributed by atoms with E-state index >= 15 is 0 Å². The minimum atomic E-state index is 0.757. The minimum absolute atomic E-state index is 0.757. The molecular formula is C16H18N4. The van der Waals surface area contributed by atoms with E-state index in [0.717, 1.165) is 34.1 Å². The molecule has 0 aliphatic carbocycles. The highest BCUT2D eigenvalue weighted by Gasteiger charge is 2.09. The largest absolute Gasteiger partial charge is 0.343 e. The van der Waals surface area contributed by atoms with Crippen LogP contribution in [0.2, 0.25) is 0 Å². The molecule has 102 valence electrons. The first-order valence-electron chi connectivity index (χ1n) is 6.71. The molecule has 0 saturated carbocycles. The van der Waals surface area contributed by atoms with Crippen LogP contribution in [0.4, 0.5) is 11.5 Å². The molecule has 20 heavy (non-hydrogen) atoms. The second kappa shape index (κ2) is 4.63. The summed E-state index contributed by atoms with van der Waals surface area (Å²) < 4.78 is 0. The molecule has 0 aliphatic rings. The van der Waals surface area contributed by atoms with Gasteiger partial charge in [0.2, 0.25) is 0 Å². The molecule has 3 rings (SSSR count). The number of aryl methyl sites for hydroxylation is 4.